The average molecular weight is 349 g/mol. The molecule has 1 unspecified atom stereocenters. The van der Waals surface area contributed by atoms with Crippen molar-refractivity contribution in [1.29, 1.82) is 0 Å². The summed E-state index contributed by atoms with van der Waals surface area (Å²) >= 11 is 0. The first-order valence-corrected chi connectivity index (χ1v) is 8.28. The summed E-state index contributed by atoms with van der Waals surface area (Å²) in [5, 5.41) is 3.30. The third kappa shape index (κ3) is 4.81. The van der Waals surface area contributed by atoms with Crippen LogP contribution in [0.15, 0.2) is 0 Å². The lowest BCUT2D eigenvalue weighted by Gasteiger charge is -2.42. The number of carbonyl (C=O) groups excluding carboxylic acids is 2. The molecular weight excluding hydrogens is 320 g/mol. The largest absolute Gasteiger partial charge is 0.466 e. The zero-order valence-electron chi connectivity index (χ0n) is 14.1. The summed E-state index contributed by atoms with van der Waals surface area (Å²) in [6.07, 6.45) is 3.25. The quantitative estimate of drug-likeness (QED) is 0.757. The minimum Gasteiger partial charge on any atom is -0.466 e. The molecule has 0 bridgehead atoms. The molecule has 2 rings (SSSR count). The maximum absolute atomic E-state index is 13.1. The highest BCUT2D eigenvalue weighted by molar-refractivity contribution is 5.85. The number of hydrogen-bond acceptors (Lipinski definition) is 5. The molecule has 0 saturated carbocycles. The van der Waals surface area contributed by atoms with Gasteiger partial charge in [-0.25, -0.2) is 0 Å². The maximum atomic E-state index is 13.1. The first-order valence-electron chi connectivity index (χ1n) is 8.28. The maximum Gasteiger partial charge on any atom is 0.310 e. The molecule has 2 aliphatic rings. The molecule has 2 heterocycles. The number of carbonyl (C=O) groups is 2. The Bertz CT molecular complexity index is 394. The van der Waals surface area contributed by atoms with Crippen molar-refractivity contribution in [3.05, 3.63) is 0 Å². The number of likely N-dealkylation sites (tertiary alicyclic amines) is 1. The molecule has 0 aliphatic carbocycles. The number of nitrogens with one attached hydrogen (secondary N) is 1. The predicted molar refractivity (Wildman–Crippen MR) is 89.6 cm³/mol. The van der Waals surface area contributed by atoms with Gasteiger partial charge >= 0.3 is 5.97 Å². The predicted octanol–water partition coefficient (Wildman–Crippen LogP) is 1.23. The van der Waals surface area contributed by atoms with Crippen LogP contribution < -0.4 is 5.32 Å². The summed E-state index contributed by atoms with van der Waals surface area (Å²) in [5.41, 5.74) is -0.434. The molecule has 0 aromatic carbocycles. The summed E-state index contributed by atoms with van der Waals surface area (Å²) in [6, 6.07) is 0. The Morgan fingerprint density at radius 2 is 2.00 bits per heavy atom. The second-order valence-corrected chi connectivity index (χ2v) is 6.31. The number of methoxy groups -OCH3 is 1. The van der Waals surface area contributed by atoms with Crippen molar-refractivity contribution in [2.24, 2.45) is 11.3 Å². The van der Waals surface area contributed by atoms with Crippen molar-refractivity contribution in [2.75, 3.05) is 46.5 Å². The molecule has 2 fully saturated rings. The SMILES string of the molecule is CCOC(=O)C1CCCN(C(=O)C2(COC)CCNCC2)C1.Cl. The summed E-state index contributed by atoms with van der Waals surface area (Å²) in [7, 11) is 1.65. The van der Waals surface area contributed by atoms with Crippen molar-refractivity contribution >= 4 is 24.3 Å². The minimum atomic E-state index is -0.434. The Morgan fingerprint density at radius 1 is 1.30 bits per heavy atom. The van der Waals surface area contributed by atoms with E-state index in [0.717, 1.165) is 45.3 Å². The topological polar surface area (TPSA) is 67.9 Å². The van der Waals surface area contributed by atoms with Crippen molar-refractivity contribution in [2.45, 2.75) is 32.6 Å². The third-order valence-electron chi connectivity index (χ3n) is 4.76. The highest BCUT2D eigenvalue weighted by Crippen LogP contribution is 2.33. The van der Waals surface area contributed by atoms with Crippen LogP contribution in [-0.4, -0.2) is 63.3 Å². The van der Waals surface area contributed by atoms with Gasteiger partial charge in [-0.15, -0.1) is 12.4 Å². The van der Waals surface area contributed by atoms with Crippen LogP contribution in [0, 0.1) is 11.3 Å². The molecule has 23 heavy (non-hydrogen) atoms. The standard InChI is InChI=1S/C16H28N2O4.ClH/c1-3-22-14(19)13-5-4-10-18(11-13)15(20)16(12-21-2)6-8-17-9-7-16;/h13,17H,3-12H2,1-2H3;1H. The Balaban J connectivity index is 0.00000264. The molecule has 2 aliphatic heterocycles. The van der Waals surface area contributed by atoms with E-state index in [1.165, 1.54) is 0 Å². The summed E-state index contributed by atoms with van der Waals surface area (Å²) in [6.45, 7) is 5.54. The lowest BCUT2D eigenvalue weighted by atomic mass is 9.77. The van der Waals surface area contributed by atoms with Crippen LogP contribution >= 0.6 is 12.4 Å². The zero-order chi connectivity index (χ0) is 16.0. The van der Waals surface area contributed by atoms with Gasteiger partial charge in [-0.2, -0.15) is 0 Å². The summed E-state index contributed by atoms with van der Waals surface area (Å²) in [4.78, 5) is 26.9. The van der Waals surface area contributed by atoms with Gasteiger partial charge < -0.3 is 19.7 Å². The lowest BCUT2D eigenvalue weighted by molar-refractivity contribution is -0.155. The minimum absolute atomic E-state index is 0. The second kappa shape index (κ2) is 9.45. The Labute approximate surface area is 144 Å². The second-order valence-electron chi connectivity index (χ2n) is 6.31. The van der Waals surface area contributed by atoms with Gasteiger partial charge in [0.25, 0.3) is 0 Å². The fraction of sp³-hybridized carbons (Fsp3) is 0.875. The molecule has 0 spiro atoms. The zero-order valence-corrected chi connectivity index (χ0v) is 15.0. The van der Waals surface area contributed by atoms with Crippen LogP contribution in [-0.2, 0) is 19.1 Å². The molecule has 0 aromatic rings. The number of ether oxygens (including phenoxy) is 2. The van der Waals surface area contributed by atoms with Gasteiger partial charge in [-0.3, -0.25) is 9.59 Å². The van der Waals surface area contributed by atoms with Crippen LogP contribution in [0.1, 0.15) is 32.6 Å². The number of piperidine rings is 2. The van der Waals surface area contributed by atoms with Crippen LogP contribution in [0.3, 0.4) is 0 Å². The molecule has 0 radical (unpaired) electrons. The van der Waals surface area contributed by atoms with E-state index in [0.29, 0.717) is 19.8 Å². The number of nitrogens with zero attached hydrogens (tertiary/aromatic N) is 1. The van der Waals surface area contributed by atoms with E-state index in [1.807, 2.05) is 11.8 Å². The molecule has 2 saturated heterocycles. The van der Waals surface area contributed by atoms with E-state index in [2.05, 4.69) is 5.32 Å². The molecule has 7 heteroatoms. The summed E-state index contributed by atoms with van der Waals surface area (Å²) in [5.74, 6) is -0.213. The van der Waals surface area contributed by atoms with Crippen molar-refractivity contribution in [3.8, 4) is 0 Å². The smallest absolute Gasteiger partial charge is 0.310 e. The number of hydrogen-bond donors (Lipinski definition) is 1. The fourth-order valence-electron chi connectivity index (χ4n) is 3.55. The summed E-state index contributed by atoms with van der Waals surface area (Å²) < 4.78 is 10.5. The number of amides is 1. The van der Waals surface area contributed by atoms with E-state index in [9.17, 15) is 9.59 Å². The Kier molecular flexibility index (Phi) is 8.29. The first-order chi connectivity index (χ1) is 10.6. The molecule has 0 aromatic heterocycles. The van der Waals surface area contributed by atoms with Crippen molar-refractivity contribution in [1.82, 2.24) is 10.2 Å². The number of rotatable bonds is 5. The van der Waals surface area contributed by atoms with Gasteiger partial charge in [0.05, 0.1) is 24.5 Å². The van der Waals surface area contributed by atoms with Gasteiger partial charge in [0.15, 0.2) is 0 Å². The molecule has 1 N–H and O–H groups in total. The first kappa shape index (κ1) is 20.2. The molecular formula is C16H29ClN2O4. The van der Waals surface area contributed by atoms with Gasteiger partial charge in [0.1, 0.15) is 0 Å². The molecule has 1 amide bonds. The van der Waals surface area contributed by atoms with Gasteiger partial charge in [0.2, 0.25) is 5.91 Å². The van der Waals surface area contributed by atoms with Gasteiger partial charge in [-0.1, -0.05) is 0 Å². The average Bonchev–Trinajstić information content (AvgIpc) is 2.55. The van der Waals surface area contributed by atoms with Crippen molar-refractivity contribution < 1.29 is 19.1 Å². The van der Waals surface area contributed by atoms with E-state index < -0.39 is 5.41 Å². The van der Waals surface area contributed by atoms with E-state index in [1.54, 1.807) is 7.11 Å². The monoisotopic (exact) mass is 348 g/mol. The lowest BCUT2D eigenvalue weighted by Crippen LogP contribution is -2.54. The number of esters is 1. The van der Waals surface area contributed by atoms with Crippen LogP contribution in [0.2, 0.25) is 0 Å². The van der Waals surface area contributed by atoms with Gasteiger partial charge in [-0.05, 0) is 45.7 Å². The van der Waals surface area contributed by atoms with Crippen LogP contribution in [0.4, 0.5) is 0 Å². The van der Waals surface area contributed by atoms with E-state index in [4.69, 9.17) is 9.47 Å². The van der Waals surface area contributed by atoms with Crippen molar-refractivity contribution in [3.63, 3.8) is 0 Å². The van der Waals surface area contributed by atoms with Crippen LogP contribution in [0.5, 0.6) is 0 Å². The highest BCUT2D eigenvalue weighted by atomic mass is 35.5. The van der Waals surface area contributed by atoms with Crippen LogP contribution in [0.25, 0.3) is 0 Å². The Hall–Kier alpha value is -0.850. The fourth-order valence-corrected chi connectivity index (χ4v) is 3.55. The van der Waals surface area contributed by atoms with E-state index in [-0.39, 0.29) is 30.2 Å². The number of halogens is 1. The van der Waals surface area contributed by atoms with Gasteiger partial charge in [0, 0.05) is 20.2 Å². The molecule has 6 nitrogen and oxygen atoms in total. The third-order valence-corrected chi connectivity index (χ3v) is 4.76. The Morgan fingerprint density at radius 3 is 2.61 bits per heavy atom. The molecule has 1 atom stereocenters. The molecule has 134 valence electrons. The van der Waals surface area contributed by atoms with E-state index >= 15 is 0 Å². The highest BCUT2D eigenvalue weighted by Gasteiger charge is 2.43. The normalized spacial score (nSPS) is 23.7.